The molecule has 0 bridgehead atoms. The van der Waals surface area contributed by atoms with Crippen LogP contribution in [0.25, 0.3) is 0 Å². The van der Waals surface area contributed by atoms with Crippen LogP contribution in [0.15, 0.2) is 0 Å². The molecule has 1 atom stereocenters. The minimum Gasteiger partial charge on any atom is -0.481 e. The van der Waals surface area contributed by atoms with Crippen LogP contribution in [-0.2, 0) is 9.59 Å². The summed E-state index contributed by atoms with van der Waals surface area (Å²) in [6.45, 7) is 2.47. The van der Waals surface area contributed by atoms with Gasteiger partial charge in [0.15, 0.2) is 0 Å². The highest BCUT2D eigenvalue weighted by Gasteiger charge is 2.14. The Hall–Kier alpha value is -1.10. The quantitative estimate of drug-likeness (QED) is 0.539. The molecule has 4 N–H and O–H groups in total. The van der Waals surface area contributed by atoms with Crippen molar-refractivity contribution < 1.29 is 14.7 Å². The van der Waals surface area contributed by atoms with E-state index < -0.39 is 5.97 Å². The van der Waals surface area contributed by atoms with Crippen LogP contribution in [0.5, 0.6) is 0 Å². The molecule has 5 heteroatoms. The second-order valence-electron chi connectivity index (χ2n) is 3.16. The standard InChI is InChI=1S/C9H18N2O3/c1-2-3-7(6-10)9(14)11-5-4-8(12)13/h7H,2-6,10H2,1H3,(H,11,14)(H,12,13). The van der Waals surface area contributed by atoms with Crippen molar-refractivity contribution in [3.05, 3.63) is 0 Å². The monoisotopic (exact) mass is 202 g/mol. The Labute approximate surface area is 83.7 Å². The first-order valence-electron chi connectivity index (χ1n) is 4.81. The summed E-state index contributed by atoms with van der Waals surface area (Å²) in [6, 6.07) is 0. The van der Waals surface area contributed by atoms with E-state index in [0.717, 1.165) is 12.8 Å². The van der Waals surface area contributed by atoms with Crippen LogP contribution in [0.4, 0.5) is 0 Å². The van der Waals surface area contributed by atoms with E-state index in [2.05, 4.69) is 5.32 Å². The first-order valence-corrected chi connectivity index (χ1v) is 4.81. The van der Waals surface area contributed by atoms with Crippen molar-refractivity contribution in [2.75, 3.05) is 13.1 Å². The molecular weight excluding hydrogens is 184 g/mol. The van der Waals surface area contributed by atoms with E-state index in [1.165, 1.54) is 0 Å². The highest BCUT2D eigenvalue weighted by molar-refractivity contribution is 5.79. The second kappa shape index (κ2) is 7.32. The molecule has 0 fully saturated rings. The molecule has 0 heterocycles. The van der Waals surface area contributed by atoms with Crippen molar-refractivity contribution in [1.82, 2.24) is 5.32 Å². The summed E-state index contributed by atoms with van der Waals surface area (Å²) in [5.41, 5.74) is 5.41. The molecule has 0 rings (SSSR count). The van der Waals surface area contributed by atoms with Gasteiger partial charge in [0, 0.05) is 13.1 Å². The van der Waals surface area contributed by atoms with Gasteiger partial charge in [0.25, 0.3) is 0 Å². The summed E-state index contributed by atoms with van der Waals surface area (Å²) in [4.78, 5) is 21.5. The van der Waals surface area contributed by atoms with E-state index >= 15 is 0 Å². The largest absolute Gasteiger partial charge is 0.481 e. The Bertz CT molecular complexity index is 194. The highest BCUT2D eigenvalue weighted by atomic mass is 16.4. The lowest BCUT2D eigenvalue weighted by atomic mass is 10.0. The molecule has 0 aromatic rings. The molecule has 0 aliphatic heterocycles. The maximum atomic E-state index is 11.4. The smallest absolute Gasteiger partial charge is 0.305 e. The predicted molar refractivity (Wildman–Crippen MR) is 52.7 cm³/mol. The Balaban J connectivity index is 3.74. The summed E-state index contributed by atoms with van der Waals surface area (Å²) < 4.78 is 0. The zero-order valence-electron chi connectivity index (χ0n) is 8.45. The minimum atomic E-state index is -0.912. The number of hydrogen-bond acceptors (Lipinski definition) is 3. The van der Waals surface area contributed by atoms with Crippen LogP contribution in [-0.4, -0.2) is 30.1 Å². The molecular formula is C9H18N2O3. The van der Waals surface area contributed by atoms with Gasteiger partial charge in [-0.15, -0.1) is 0 Å². The molecule has 1 amide bonds. The van der Waals surface area contributed by atoms with Crippen molar-refractivity contribution in [2.24, 2.45) is 11.7 Å². The van der Waals surface area contributed by atoms with Crippen molar-refractivity contribution in [2.45, 2.75) is 26.2 Å². The average Bonchev–Trinajstić information content (AvgIpc) is 2.13. The highest BCUT2D eigenvalue weighted by Crippen LogP contribution is 2.03. The van der Waals surface area contributed by atoms with Crippen LogP contribution >= 0.6 is 0 Å². The van der Waals surface area contributed by atoms with E-state index in [9.17, 15) is 9.59 Å². The van der Waals surface area contributed by atoms with Gasteiger partial charge in [0.05, 0.1) is 12.3 Å². The van der Waals surface area contributed by atoms with Crippen molar-refractivity contribution in [3.63, 3.8) is 0 Å². The van der Waals surface area contributed by atoms with Crippen molar-refractivity contribution in [3.8, 4) is 0 Å². The molecule has 14 heavy (non-hydrogen) atoms. The Morgan fingerprint density at radius 3 is 2.57 bits per heavy atom. The third-order valence-corrected chi connectivity index (χ3v) is 1.93. The summed E-state index contributed by atoms with van der Waals surface area (Å²) in [5.74, 6) is -1.24. The molecule has 0 spiro atoms. The number of hydrogen-bond donors (Lipinski definition) is 3. The van der Waals surface area contributed by atoms with E-state index in [-0.39, 0.29) is 24.8 Å². The van der Waals surface area contributed by atoms with Gasteiger partial charge in [-0.05, 0) is 6.42 Å². The molecule has 5 nitrogen and oxygen atoms in total. The number of nitrogens with two attached hydrogens (primary N) is 1. The van der Waals surface area contributed by atoms with Crippen LogP contribution in [0.1, 0.15) is 26.2 Å². The second-order valence-corrected chi connectivity index (χ2v) is 3.16. The normalized spacial score (nSPS) is 12.1. The van der Waals surface area contributed by atoms with Gasteiger partial charge in [0.1, 0.15) is 0 Å². The zero-order chi connectivity index (χ0) is 11.0. The summed E-state index contributed by atoms with van der Waals surface area (Å²) in [5, 5.41) is 10.9. The lowest BCUT2D eigenvalue weighted by Crippen LogP contribution is -2.36. The van der Waals surface area contributed by atoms with Crippen molar-refractivity contribution >= 4 is 11.9 Å². The van der Waals surface area contributed by atoms with Crippen molar-refractivity contribution in [1.29, 1.82) is 0 Å². The third-order valence-electron chi connectivity index (χ3n) is 1.93. The van der Waals surface area contributed by atoms with Crippen LogP contribution in [0.2, 0.25) is 0 Å². The minimum absolute atomic E-state index is 0.0465. The topological polar surface area (TPSA) is 92.4 Å². The summed E-state index contributed by atoms with van der Waals surface area (Å²) in [7, 11) is 0. The number of aliphatic carboxylic acids is 1. The molecule has 0 radical (unpaired) electrons. The van der Waals surface area contributed by atoms with Gasteiger partial charge in [-0.3, -0.25) is 9.59 Å². The van der Waals surface area contributed by atoms with Gasteiger partial charge in [-0.25, -0.2) is 0 Å². The average molecular weight is 202 g/mol. The molecule has 0 aliphatic carbocycles. The summed E-state index contributed by atoms with van der Waals surface area (Å²) >= 11 is 0. The Morgan fingerprint density at radius 1 is 1.50 bits per heavy atom. The van der Waals surface area contributed by atoms with Gasteiger partial charge in [0.2, 0.25) is 5.91 Å². The first-order chi connectivity index (χ1) is 6.61. The molecule has 0 saturated carbocycles. The van der Waals surface area contributed by atoms with Crippen LogP contribution in [0.3, 0.4) is 0 Å². The fourth-order valence-electron chi connectivity index (χ4n) is 1.14. The first kappa shape index (κ1) is 12.9. The van der Waals surface area contributed by atoms with Crippen LogP contribution < -0.4 is 11.1 Å². The third kappa shape index (κ3) is 5.53. The number of amides is 1. The number of carbonyl (C=O) groups is 2. The van der Waals surface area contributed by atoms with Gasteiger partial charge in [-0.1, -0.05) is 13.3 Å². The molecule has 0 saturated heterocycles. The van der Waals surface area contributed by atoms with Gasteiger partial charge in [-0.2, -0.15) is 0 Å². The van der Waals surface area contributed by atoms with E-state index in [0.29, 0.717) is 6.54 Å². The number of nitrogens with one attached hydrogen (secondary N) is 1. The number of rotatable bonds is 7. The molecule has 0 aromatic carbocycles. The molecule has 1 unspecified atom stereocenters. The maximum Gasteiger partial charge on any atom is 0.305 e. The fraction of sp³-hybridized carbons (Fsp3) is 0.778. The number of carbonyl (C=O) groups excluding carboxylic acids is 1. The molecule has 0 aromatic heterocycles. The predicted octanol–water partition coefficient (Wildman–Crippen LogP) is -0.0477. The maximum absolute atomic E-state index is 11.4. The SMILES string of the molecule is CCCC(CN)C(=O)NCCC(=O)O. The molecule has 82 valence electrons. The number of carboxylic acid groups (broad SMARTS) is 1. The van der Waals surface area contributed by atoms with Gasteiger partial charge < -0.3 is 16.2 Å². The van der Waals surface area contributed by atoms with Gasteiger partial charge >= 0.3 is 5.97 Å². The zero-order valence-corrected chi connectivity index (χ0v) is 8.45. The Morgan fingerprint density at radius 2 is 2.14 bits per heavy atom. The molecule has 0 aliphatic rings. The van der Waals surface area contributed by atoms with E-state index in [1.54, 1.807) is 0 Å². The number of carboxylic acids is 1. The van der Waals surface area contributed by atoms with Crippen LogP contribution in [0, 0.1) is 5.92 Å². The lowest BCUT2D eigenvalue weighted by molar-refractivity contribution is -0.137. The lowest BCUT2D eigenvalue weighted by Gasteiger charge is -2.12. The Kier molecular flexibility index (Phi) is 6.74. The summed E-state index contributed by atoms with van der Waals surface area (Å²) in [6.07, 6.45) is 1.60. The fourth-order valence-corrected chi connectivity index (χ4v) is 1.14. The van der Waals surface area contributed by atoms with E-state index in [4.69, 9.17) is 10.8 Å². The van der Waals surface area contributed by atoms with E-state index in [1.807, 2.05) is 6.92 Å².